The smallest absolute Gasteiger partial charge is 0.186 e. The maximum atomic E-state index is 8.61. The van der Waals surface area contributed by atoms with E-state index in [9.17, 15) is 0 Å². The third-order valence-corrected chi connectivity index (χ3v) is 2.97. The molecule has 0 fully saturated rings. The highest BCUT2D eigenvalue weighted by Crippen LogP contribution is 2.21. The predicted molar refractivity (Wildman–Crippen MR) is 65.0 cm³/mol. The molecule has 2 heterocycles. The summed E-state index contributed by atoms with van der Waals surface area (Å²) in [5, 5.41) is 13.7. The van der Waals surface area contributed by atoms with E-state index in [2.05, 4.69) is 21.1 Å². The molecule has 0 saturated carbocycles. The Bertz CT molecular complexity index is 569. The van der Waals surface area contributed by atoms with E-state index in [1.54, 1.807) is 17.1 Å². The van der Waals surface area contributed by atoms with Crippen molar-refractivity contribution in [3.05, 3.63) is 29.8 Å². The normalized spacial score (nSPS) is 10.2. The molecule has 2 aromatic heterocycles. The highest BCUT2D eigenvalue weighted by molar-refractivity contribution is 7.99. The molecule has 0 spiro atoms. The fraction of sp³-hybridized carbons (Fsp3) is 0.273. The molecule has 2 rings (SSSR count). The fourth-order valence-corrected chi connectivity index (χ4v) is 2.11. The second-order valence-corrected chi connectivity index (χ2v) is 4.43. The van der Waals surface area contributed by atoms with Crippen LogP contribution in [0, 0.1) is 25.2 Å². The first-order valence-electron chi connectivity index (χ1n) is 5.07. The van der Waals surface area contributed by atoms with Gasteiger partial charge in [0.05, 0.1) is 17.5 Å². The van der Waals surface area contributed by atoms with Gasteiger partial charge in [0.1, 0.15) is 5.03 Å². The van der Waals surface area contributed by atoms with E-state index in [4.69, 9.17) is 5.26 Å². The Labute approximate surface area is 104 Å². The van der Waals surface area contributed by atoms with Gasteiger partial charge in [0.2, 0.25) is 0 Å². The van der Waals surface area contributed by atoms with Crippen LogP contribution >= 0.6 is 11.8 Å². The van der Waals surface area contributed by atoms with Gasteiger partial charge >= 0.3 is 0 Å². The molecule has 0 bridgehead atoms. The number of thioether (sulfide) groups is 1. The largest absolute Gasteiger partial charge is 0.244 e. The van der Waals surface area contributed by atoms with Crippen molar-refractivity contribution in [1.82, 2.24) is 19.7 Å². The first kappa shape index (κ1) is 11.6. The molecule has 0 aromatic carbocycles. The highest BCUT2D eigenvalue weighted by Gasteiger charge is 2.11. The number of rotatable bonds is 3. The van der Waals surface area contributed by atoms with Crippen molar-refractivity contribution >= 4 is 11.8 Å². The van der Waals surface area contributed by atoms with Crippen LogP contribution < -0.4 is 0 Å². The van der Waals surface area contributed by atoms with Crippen molar-refractivity contribution in [3.8, 4) is 11.9 Å². The monoisotopic (exact) mass is 245 g/mol. The Morgan fingerprint density at radius 2 is 2.12 bits per heavy atom. The van der Waals surface area contributed by atoms with Gasteiger partial charge in [0, 0.05) is 18.1 Å². The van der Waals surface area contributed by atoms with Crippen molar-refractivity contribution in [1.29, 1.82) is 5.26 Å². The van der Waals surface area contributed by atoms with Gasteiger partial charge < -0.3 is 0 Å². The Morgan fingerprint density at radius 3 is 2.76 bits per heavy atom. The molecule has 0 aliphatic heterocycles. The van der Waals surface area contributed by atoms with Gasteiger partial charge in [-0.05, 0) is 19.9 Å². The van der Waals surface area contributed by atoms with Crippen LogP contribution in [0.25, 0.3) is 5.82 Å². The molecule has 86 valence electrons. The summed E-state index contributed by atoms with van der Waals surface area (Å²) in [5.41, 5.74) is 1.94. The van der Waals surface area contributed by atoms with Gasteiger partial charge in [0.25, 0.3) is 0 Å². The zero-order valence-electron chi connectivity index (χ0n) is 9.58. The number of nitrogens with zero attached hydrogens (tertiary/aromatic N) is 5. The van der Waals surface area contributed by atoms with Gasteiger partial charge in [-0.1, -0.05) is 11.8 Å². The fourth-order valence-electron chi connectivity index (χ4n) is 1.51. The van der Waals surface area contributed by atoms with Crippen LogP contribution in [0.5, 0.6) is 0 Å². The maximum absolute atomic E-state index is 8.61. The summed E-state index contributed by atoms with van der Waals surface area (Å²) in [7, 11) is 0. The van der Waals surface area contributed by atoms with Gasteiger partial charge in [-0.3, -0.25) is 0 Å². The van der Waals surface area contributed by atoms with Crippen molar-refractivity contribution < 1.29 is 0 Å². The van der Waals surface area contributed by atoms with E-state index in [0.29, 0.717) is 11.6 Å². The first-order valence-corrected chi connectivity index (χ1v) is 6.05. The maximum Gasteiger partial charge on any atom is 0.186 e. The molecule has 2 aromatic rings. The standard InChI is InChI=1S/C11H11N5S/c1-8-7-9(2)16(15-8)10-11(17-6-3-12)14-5-4-13-10/h4-5,7H,6H2,1-2H3. The van der Waals surface area contributed by atoms with Crippen LogP contribution in [-0.2, 0) is 0 Å². The van der Waals surface area contributed by atoms with E-state index in [0.717, 1.165) is 16.4 Å². The summed E-state index contributed by atoms with van der Waals surface area (Å²) < 4.78 is 1.75. The zero-order valence-corrected chi connectivity index (χ0v) is 10.4. The van der Waals surface area contributed by atoms with Crippen molar-refractivity contribution in [2.75, 3.05) is 5.75 Å². The first-order chi connectivity index (χ1) is 8.22. The minimum atomic E-state index is 0.352. The van der Waals surface area contributed by atoms with E-state index in [-0.39, 0.29) is 0 Å². The molecule has 0 N–H and O–H groups in total. The van der Waals surface area contributed by atoms with Crippen molar-refractivity contribution in [3.63, 3.8) is 0 Å². The number of aromatic nitrogens is 4. The Hall–Kier alpha value is -1.87. The Morgan fingerprint density at radius 1 is 1.35 bits per heavy atom. The van der Waals surface area contributed by atoms with E-state index >= 15 is 0 Å². The van der Waals surface area contributed by atoms with E-state index in [1.807, 2.05) is 19.9 Å². The highest BCUT2D eigenvalue weighted by atomic mass is 32.2. The average molecular weight is 245 g/mol. The summed E-state index contributed by atoms with van der Waals surface area (Å²) in [5.74, 6) is 1.03. The molecule has 0 unspecified atom stereocenters. The summed E-state index contributed by atoms with van der Waals surface area (Å²) in [6.07, 6.45) is 3.25. The van der Waals surface area contributed by atoms with Crippen LogP contribution in [0.1, 0.15) is 11.4 Å². The lowest BCUT2D eigenvalue weighted by atomic mass is 10.4. The number of nitriles is 1. The third kappa shape index (κ3) is 2.45. The molecule has 0 aliphatic rings. The molecule has 5 nitrogen and oxygen atoms in total. The lowest BCUT2D eigenvalue weighted by molar-refractivity contribution is 0.770. The number of aryl methyl sites for hydroxylation is 2. The zero-order chi connectivity index (χ0) is 12.3. The molecule has 0 aliphatic carbocycles. The molecule has 0 saturated heterocycles. The molecule has 0 atom stereocenters. The third-order valence-electron chi connectivity index (χ3n) is 2.13. The second-order valence-electron chi connectivity index (χ2n) is 3.47. The summed E-state index contributed by atoms with van der Waals surface area (Å²) in [6, 6.07) is 4.06. The molecule has 0 amide bonds. The van der Waals surface area contributed by atoms with Crippen LogP contribution in [0.3, 0.4) is 0 Å². The lowest BCUT2D eigenvalue weighted by Crippen LogP contribution is -2.05. The minimum absolute atomic E-state index is 0.352. The van der Waals surface area contributed by atoms with Gasteiger partial charge in [-0.25, -0.2) is 14.6 Å². The summed E-state index contributed by atoms with van der Waals surface area (Å²) in [4.78, 5) is 8.52. The van der Waals surface area contributed by atoms with E-state index < -0.39 is 0 Å². The van der Waals surface area contributed by atoms with Gasteiger partial charge in [-0.15, -0.1) is 0 Å². The van der Waals surface area contributed by atoms with Crippen molar-refractivity contribution in [2.45, 2.75) is 18.9 Å². The summed E-state index contributed by atoms with van der Waals surface area (Å²) >= 11 is 1.36. The topological polar surface area (TPSA) is 67.4 Å². The quantitative estimate of drug-likeness (QED) is 0.772. The minimum Gasteiger partial charge on any atom is -0.244 e. The lowest BCUT2D eigenvalue weighted by Gasteiger charge is -2.06. The van der Waals surface area contributed by atoms with Crippen molar-refractivity contribution in [2.24, 2.45) is 0 Å². The summed E-state index contributed by atoms with van der Waals surface area (Å²) in [6.45, 7) is 3.90. The number of hydrogen-bond acceptors (Lipinski definition) is 5. The molecule has 6 heteroatoms. The van der Waals surface area contributed by atoms with Crippen LogP contribution in [0.15, 0.2) is 23.5 Å². The van der Waals surface area contributed by atoms with E-state index in [1.165, 1.54) is 11.8 Å². The van der Waals surface area contributed by atoms with Crippen LogP contribution in [-0.4, -0.2) is 25.5 Å². The molecular formula is C11H11N5S. The predicted octanol–water partition coefficient (Wildman–Crippen LogP) is 1.89. The van der Waals surface area contributed by atoms with Gasteiger partial charge in [0.15, 0.2) is 5.82 Å². The Balaban J connectivity index is 2.45. The second kappa shape index (κ2) is 4.97. The molecule has 17 heavy (non-hydrogen) atoms. The number of hydrogen-bond donors (Lipinski definition) is 0. The molecular weight excluding hydrogens is 234 g/mol. The SMILES string of the molecule is Cc1cc(C)n(-c2nccnc2SCC#N)n1. The Kier molecular flexibility index (Phi) is 3.40. The van der Waals surface area contributed by atoms with Crippen LogP contribution in [0.4, 0.5) is 0 Å². The average Bonchev–Trinajstić information content (AvgIpc) is 2.66. The molecule has 0 radical (unpaired) electrons. The van der Waals surface area contributed by atoms with Crippen LogP contribution in [0.2, 0.25) is 0 Å². The van der Waals surface area contributed by atoms with Gasteiger partial charge in [-0.2, -0.15) is 10.4 Å².